The number of ether oxygens (including phenoxy) is 1. The van der Waals surface area contributed by atoms with Gasteiger partial charge in [0.1, 0.15) is 17.4 Å². The number of para-hydroxylation sites is 1. The SMILES string of the molecule is COc1c(/C=C2\CC[C@H]3CC[C@@H](c4ccc(Cl)cc4)N3C2=O)cccc1-c1[nH]c[n+](COP(=O)(O)O)c1C.O=C([O-])C(F)(F)F. The van der Waals surface area contributed by atoms with Crippen LogP contribution in [0.1, 0.15) is 48.5 Å². The summed E-state index contributed by atoms with van der Waals surface area (Å²) in [5.41, 5.74) is 4.81. The average molecular weight is 672 g/mol. The number of H-pyrrole nitrogens is 1. The lowest BCUT2D eigenvalue weighted by Crippen LogP contribution is -2.41. The number of carboxylic acid groups (broad SMARTS) is 1. The number of halogens is 4. The maximum absolute atomic E-state index is 13.7. The molecule has 3 aromatic rings. The Morgan fingerprint density at radius 3 is 2.47 bits per heavy atom. The molecule has 16 heteroatoms. The molecule has 0 bridgehead atoms. The summed E-state index contributed by atoms with van der Waals surface area (Å²) >= 11 is 6.09. The maximum Gasteiger partial charge on any atom is 0.472 e. The van der Waals surface area contributed by atoms with Gasteiger partial charge in [-0.3, -0.25) is 4.79 Å². The van der Waals surface area contributed by atoms with Gasteiger partial charge in [0.15, 0.2) is 5.69 Å². The Morgan fingerprint density at radius 2 is 1.87 bits per heavy atom. The van der Waals surface area contributed by atoms with Crippen LogP contribution in [-0.4, -0.2) is 50.9 Å². The Kier molecular flexibility index (Phi) is 10.5. The second-order valence-electron chi connectivity index (χ2n) is 10.4. The molecule has 0 radical (unpaired) electrons. The van der Waals surface area contributed by atoms with Gasteiger partial charge in [0.05, 0.1) is 18.7 Å². The zero-order chi connectivity index (χ0) is 33.1. The molecule has 1 aromatic heterocycles. The van der Waals surface area contributed by atoms with E-state index in [0.29, 0.717) is 28.6 Å². The Hall–Kier alpha value is -3.68. The van der Waals surface area contributed by atoms with Gasteiger partial charge in [-0.15, -0.1) is 0 Å². The van der Waals surface area contributed by atoms with Crippen molar-refractivity contribution in [3.8, 4) is 17.0 Å². The van der Waals surface area contributed by atoms with Crippen molar-refractivity contribution in [2.24, 2.45) is 0 Å². The Bertz CT molecular complexity index is 1640. The number of amides is 1. The molecular formula is C29H30ClF3N3O8P. The molecule has 3 heterocycles. The Labute approximate surface area is 261 Å². The number of benzene rings is 2. The van der Waals surface area contributed by atoms with E-state index in [1.165, 1.54) is 0 Å². The standard InChI is InChI=1S/C27H29ClN3O6P.C2HF3O2/c1-17-25(29-15-30(17)16-37-38(33,34)35)23-5-3-4-19(26(23)36-2)14-20-8-11-22-12-13-24(31(22)27(20)32)18-6-9-21(28)10-7-18;3-2(4,5)1(6)7/h3-7,9-10,14-15,22,24H,8,11-13,16H2,1-2H3,(H2,33,34,35);(H,6,7)/b20-14+;/t22-,24-;/m0./s1. The first-order chi connectivity index (χ1) is 21.1. The van der Waals surface area contributed by atoms with Crippen molar-refractivity contribution in [3.05, 3.63) is 76.2 Å². The van der Waals surface area contributed by atoms with Crippen molar-refractivity contribution in [1.29, 1.82) is 0 Å². The number of piperidine rings is 1. The van der Waals surface area contributed by atoms with Crippen LogP contribution in [0.5, 0.6) is 5.75 Å². The van der Waals surface area contributed by atoms with E-state index in [2.05, 4.69) is 9.51 Å². The summed E-state index contributed by atoms with van der Waals surface area (Å²) in [5, 5.41) is 9.46. The number of aromatic nitrogens is 2. The quantitative estimate of drug-likeness (QED) is 0.192. The fourth-order valence-electron chi connectivity index (χ4n) is 5.53. The molecule has 3 N–H and O–H groups in total. The molecule has 0 aliphatic carbocycles. The van der Waals surface area contributed by atoms with Crippen LogP contribution < -0.4 is 14.4 Å². The van der Waals surface area contributed by atoms with Gasteiger partial charge in [0.25, 0.3) is 5.91 Å². The van der Waals surface area contributed by atoms with Crippen LogP contribution >= 0.6 is 19.4 Å². The highest BCUT2D eigenvalue weighted by Gasteiger charge is 2.41. The number of aliphatic carboxylic acids is 1. The topological polar surface area (TPSA) is 156 Å². The van der Waals surface area contributed by atoms with Gasteiger partial charge in [-0.25, -0.2) is 18.6 Å². The lowest BCUT2D eigenvalue weighted by molar-refractivity contribution is -0.729. The molecule has 0 saturated carbocycles. The highest BCUT2D eigenvalue weighted by Crippen LogP contribution is 2.43. The number of phosphoric ester groups is 1. The van der Waals surface area contributed by atoms with E-state index in [9.17, 15) is 22.5 Å². The van der Waals surface area contributed by atoms with E-state index >= 15 is 0 Å². The Morgan fingerprint density at radius 1 is 1.20 bits per heavy atom. The third-order valence-electron chi connectivity index (χ3n) is 7.62. The normalized spacial score (nSPS) is 19.2. The van der Waals surface area contributed by atoms with E-state index in [0.717, 1.165) is 41.5 Å². The number of carbonyl (C=O) groups is 2. The minimum atomic E-state index is -5.19. The van der Waals surface area contributed by atoms with Crippen LogP contribution in [0.3, 0.4) is 0 Å². The predicted octanol–water partition coefficient (Wildman–Crippen LogP) is 4.21. The first kappa shape index (κ1) is 34.2. The molecule has 1 amide bonds. The van der Waals surface area contributed by atoms with Gasteiger partial charge >= 0.3 is 14.0 Å². The molecular weight excluding hydrogens is 642 g/mol. The molecule has 242 valence electrons. The van der Waals surface area contributed by atoms with E-state index in [4.69, 9.17) is 36.0 Å². The van der Waals surface area contributed by atoms with Crippen molar-refractivity contribution in [1.82, 2.24) is 9.88 Å². The molecule has 2 atom stereocenters. The van der Waals surface area contributed by atoms with Crippen LogP contribution in [0.15, 0.2) is 54.4 Å². The van der Waals surface area contributed by atoms with E-state index in [1.54, 1.807) is 18.0 Å². The van der Waals surface area contributed by atoms with Gasteiger partial charge in [-0.2, -0.15) is 13.2 Å². The van der Waals surface area contributed by atoms with Gasteiger partial charge in [0, 0.05) is 29.1 Å². The van der Waals surface area contributed by atoms with Crippen LogP contribution in [0, 0.1) is 6.92 Å². The second-order valence-corrected chi connectivity index (χ2v) is 12.1. The summed E-state index contributed by atoms with van der Waals surface area (Å²) in [4.78, 5) is 45.8. The zero-order valence-corrected chi connectivity index (χ0v) is 25.7. The number of methoxy groups -OCH3 is 1. The van der Waals surface area contributed by atoms with E-state index in [1.807, 2.05) is 60.4 Å². The van der Waals surface area contributed by atoms with Gasteiger partial charge < -0.3 is 29.3 Å². The van der Waals surface area contributed by atoms with Crippen molar-refractivity contribution in [2.75, 3.05) is 7.11 Å². The van der Waals surface area contributed by atoms with Crippen LogP contribution in [0.2, 0.25) is 5.02 Å². The number of fused-ring (bicyclic) bond motifs is 1. The number of nitrogens with zero attached hydrogens (tertiary/aromatic N) is 2. The lowest BCUT2D eigenvalue weighted by Gasteiger charge is -2.35. The molecule has 5 rings (SSSR count). The van der Waals surface area contributed by atoms with Crippen molar-refractivity contribution < 1.29 is 56.0 Å². The number of imidazole rings is 1. The third kappa shape index (κ3) is 8.13. The number of aromatic amines is 1. The summed E-state index contributed by atoms with van der Waals surface area (Å²) in [5.74, 6) is -2.36. The number of carboxylic acids is 1. The smallest absolute Gasteiger partial charge is 0.472 e. The second kappa shape index (κ2) is 13.8. The summed E-state index contributed by atoms with van der Waals surface area (Å²) < 4.78 is 54.7. The number of hydrogen-bond acceptors (Lipinski definition) is 6. The number of phosphoric acid groups is 1. The summed E-state index contributed by atoms with van der Waals surface area (Å²) in [6, 6.07) is 13.7. The maximum atomic E-state index is 13.7. The molecule has 2 aliphatic heterocycles. The molecule has 2 saturated heterocycles. The number of alkyl halides is 3. The molecule has 0 spiro atoms. The van der Waals surface area contributed by atoms with Crippen molar-refractivity contribution in [2.45, 2.75) is 57.6 Å². The van der Waals surface area contributed by atoms with Crippen molar-refractivity contribution >= 4 is 37.4 Å². The summed E-state index contributed by atoms with van der Waals surface area (Å²) in [6.45, 7) is 1.51. The van der Waals surface area contributed by atoms with Crippen LogP contribution in [-0.2, 0) is 25.4 Å². The lowest BCUT2D eigenvalue weighted by atomic mass is 9.94. The number of rotatable bonds is 7. The van der Waals surface area contributed by atoms with E-state index in [-0.39, 0.29) is 24.7 Å². The number of hydrogen-bond donors (Lipinski definition) is 3. The largest absolute Gasteiger partial charge is 0.542 e. The van der Waals surface area contributed by atoms with Gasteiger partial charge in [-0.1, -0.05) is 35.9 Å². The number of nitrogens with one attached hydrogen (secondary N) is 1. The molecule has 45 heavy (non-hydrogen) atoms. The first-order valence-electron chi connectivity index (χ1n) is 13.6. The molecule has 0 unspecified atom stereocenters. The van der Waals surface area contributed by atoms with Crippen LogP contribution in [0.25, 0.3) is 17.3 Å². The van der Waals surface area contributed by atoms with Crippen LogP contribution in [0.4, 0.5) is 13.2 Å². The van der Waals surface area contributed by atoms with Crippen molar-refractivity contribution in [3.63, 3.8) is 0 Å². The zero-order valence-electron chi connectivity index (χ0n) is 24.1. The predicted molar refractivity (Wildman–Crippen MR) is 153 cm³/mol. The highest BCUT2D eigenvalue weighted by molar-refractivity contribution is 7.46. The average Bonchev–Trinajstić information content (AvgIpc) is 3.57. The molecule has 2 aromatic carbocycles. The highest BCUT2D eigenvalue weighted by atomic mass is 35.5. The third-order valence-corrected chi connectivity index (χ3v) is 8.32. The molecule has 2 aliphatic rings. The summed E-state index contributed by atoms with van der Waals surface area (Å²) in [6.07, 6.45) is 1.84. The number of carbonyl (C=O) groups excluding carboxylic acids is 2. The Balaban J connectivity index is 0.000000591. The fraction of sp³-hybridized carbons (Fsp3) is 0.345. The van der Waals surface area contributed by atoms with Gasteiger partial charge in [-0.05, 0) is 55.5 Å². The first-order valence-corrected chi connectivity index (χ1v) is 15.5. The fourth-order valence-corrected chi connectivity index (χ4v) is 5.93. The van der Waals surface area contributed by atoms with Gasteiger partial charge in [0.2, 0.25) is 13.1 Å². The minimum absolute atomic E-state index is 0.0362. The minimum Gasteiger partial charge on any atom is -0.542 e. The monoisotopic (exact) mass is 671 g/mol. The molecule has 11 nitrogen and oxygen atoms in total. The molecule has 2 fully saturated rings. The van der Waals surface area contributed by atoms with E-state index < -0.39 is 20.0 Å². The summed E-state index contributed by atoms with van der Waals surface area (Å²) in [7, 11) is -3.02.